The summed E-state index contributed by atoms with van der Waals surface area (Å²) in [6, 6.07) is 13.8. The number of hydrogen-bond acceptors (Lipinski definition) is 5. The second-order valence-corrected chi connectivity index (χ2v) is 11.4. The molecule has 1 aromatic carbocycles. The van der Waals surface area contributed by atoms with Crippen LogP contribution in [-0.2, 0) is 21.2 Å². The van der Waals surface area contributed by atoms with Gasteiger partial charge in [0.2, 0.25) is 5.91 Å². The van der Waals surface area contributed by atoms with Crippen LogP contribution in [-0.4, -0.2) is 51.4 Å². The van der Waals surface area contributed by atoms with E-state index < -0.39 is 10.0 Å². The zero-order valence-corrected chi connectivity index (χ0v) is 18.8. The second kappa shape index (κ2) is 9.49. The van der Waals surface area contributed by atoms with E-state index in [0.717, 1.165) is 43.6 Å². The van der Waals surface area contributed by atoms with Crippen LogP contribution in [0.1, 0.15) is 30.6 Å². The average molecular weight is 448 g/mol. The molecule has 0 bridgehead atoms. The third kappa shape index (κ3) is 5.04. The highest BCUT2D eigenvalue weighted by Crippen LogP contribution is 2.27. The van der Waals surface area contributed by atoms with Crippen LogP contribution in [0.3, 0.4) is 0 Å². The number of amides is 1. The second-order valence-electron chi connectivity index (χ2n) is 8.10. The molecule has 1 N–H and O–H groups in total. The van der Waals surface area contributed by atoms with Gasteiger partial charge in [0.15, 0.2) is 0 Å². The van der Waals surface area contributed by atoms with Crippen LogP contribution in [0.4, 0.5) is 5.69 Å². The summed E-state index contributed by atoms with van der Waals surface area (Å²) in [4.78, 5) is 15.6. The van der Waals surface area contributed by atoms with Crippen molar-refractivity contribution in [2.45, 2.75) is 36.3 Å². The average Bonchev–Trinajstić information content (AvgIpc) is 3.44. The molecule has 0 unspecified atom stereocenters. The van der Waals surface area contributed by atoms with Crippen LogP contribution in [0.25, 0.3) is 0 Å². The fourth-order valence-corrected chi connectivity index (χ4v) is 7.20. The highest BCUT2D eigenvalue weighted by Gasteiger charge is 2.28. The topological polar surface area (TPSA) is 69.7 Å². The molecular weight excluding hydrogens is 418 g/mol. The Kier molecular flexibility index (Phi) is 6.75. The molecular formula is C22H29N3O3S2. The van der Waals surface area contributed by atoms with Gasteiger partial charge >= 0.3 is 0 Å². The summed E-state index contributed by atoms with van der Waals surface area (Å²) >= 11 is 1.22. The molecule has 6 nitrogen and oxygen atoms in total. The Hall–Kier alpha value is -1.90. The van der Waals surface area contributed by atoms with Gasteiger partial charge in [-0.1, -0.05) is 24.6 Å². The molecule has 0 saturated carbocycles. The monoisotopic (exact) mass is 447 g/mol. The number of rotatable bonds is 7. The van der Waals surface area contributed by atoms with Gasteiger partial charge in [-0.25, -0.2) is 8.42 Å². The molecule has 2 aliphatic heterocycles. The van der Waals surface area contributed by atoms with Crippen LogP contribution in [0.2, 0.25) is 0 Å². The van der Waals surface area contributed by atoms with Gasteiger partial charge in [-0.15, -0.1) is 11.3 Å². The van der Waals surface area contributed by atoms with E-state index in [1.807, 2.05) is 18.2 Å². The Morgan fingerprint density at radius 2 is 1.80 bits per heavy atom. The molecule has 8 heteroatoms. The normalized spacial score (nSPS) is 20.4. The summed E-state index contributed by atoms with van der Waals surface area (Å²) in [5.41, 5.74) is 1.23. The van der Waals surface area contributed by atoms with E-state index >= 15 is 0 Å². The van der Waals surface area contributed by atoms with Crippen molar-refractivity contribution in [1.82, 2.24) is 9.62 Å². The van der Waals surface area contributed by atoms with Gasteiger partial charge in [0.25, 0.3) is 10.0 Å². The first-order valence-electron chi connectivity index (χ1n) is 10.7. The van der Waals surface area contributed by atoms with Gasteiger partial charge in [-0.05, 0) is 49.4 Å². The molecule has 30 heavy (non-hydrogen) atoms. The van der Waals surface area contributed by atoms with Crippen molar-refractivity contribution in [2.75, 3.05) is 37.6 Å². The third-order valence-electron chi connectivity index (χ3n) is 5.88. The smallest absolute Gasteiger partial charge is 0.252 e. The Morgan fingerprint density at radius 3 is 2.57 bits per heavy atom. The number of thiophene rings is 1. The van der Waals surface area contributed by atoms with Crippen molar-refractivity contribution < 1.29 is 13.2 Å². The zero-order chi connectivity index (χ0) is 21.0. The van der Waals surface area contributed by atoms with Crippen molar-refractivity contribution in [3.05, 3.63) is 47.3 Å². The van der Waals surface area contributed by atoms with Gasteiger partial charge in [0.05, 0.1) is 6.42 Å². The van der Waals surface area contributed by atoms with Crippen LogP contribution in [0.15, 0.2) is 46.7 Å². The van der Waals surface area contributed by atoms with E-state index in [1.165, 1.54) is 17.0 Å². The van der Waals surface area contributed by atoms with Gasteiger partial charge in [-0.3, -0.25) is 4.79 Å². The summed E-state index contributed by atoms with van der Waals surface area (Å²) in [6.45, 7) is 3.80. The van der Waals surface area contributed by atoms with E-state index in [9.17, 15) is 13.2 Å². The molecule has 1 atom stereocenters. The number of benzene rings is 1. The van der Waals surface area contributed by atoms with Crippen LogP contribution < -0.4 is 10.2 Å². The number of para-hydroxylation sites is 1. The molecule has 2 aromatic rings. The number of nitrogens with zero attached hydrogens (tertiary/aromatic N) is 2. The third-order valence-corrected chi connectivity index (χ3v) is 9.33. The first-order valence-corrected chi connectivity index (χ1v) is 12.9. The molecule has 2 aliphatic rings. The quantitative estimate of drug-likeness (QED) is 0.708. The van der Waals surface area contributed by atoms with Gasteiger partial charge in [0, 0.05) is 43.3 Å². The fourth-order valence-electron chi connectivity index (χ4n) is 4.18. The van der Waals surface area contributed by atoms with Crippen molar-refractivity contribution in [2.24, 2.45) is 5.92 Å². The molecule has 2 saturated heterocycles. The molecule has 162 valence electrons. The number of nitrogens with one attached hydrogen (secondary N) is 1. The summed E-state index contributed by atoms with van der Waals surface area (Å²) in [5, 5.41) is 3.04. The minimum Gasteiger partial charge on any atom is -0.371 e. The van der Waals surface area contributed by atoms with Gasteiger partial charge in [-0.2, -0.15) is 4.31 Å². The fraction of sp³-hybridized carbons (Fsp3) is 0.500. The lowest BCUT2D eigenvalue weighted by molar-refractivity contribution is -0.120. The largest absolute Gasteiger partial charge is 0.371 e. The zero-order valence-electron chi connectivity index (χ0n) is 17.1. The van der Waals surface area contributed by atoms with E-state index in [1.54, 1.807) is 16.4 Å². The predicted molar refractivity (Wildman–Crippen MR) is 120 cm³/mol. The van der Waals surface area contributed by atoms with Gasteiger partial charge < -0.3 is 10.2 Å². The van der Waals surface area contributed by atoms with Crippen molar-refractivity contribution in [1.29, 1.82) is 0 Å². The number of carbonyl (C=O) groups excluding carboxylic acids is 1. The lowest BCUT2D eigenvalue weighted by Crippen LogP contribution is -2.35. The molecule has 4 rings (SSSR count). The predicted octanol–water partition coefficient (Wildman–Crippen LogP) is 3.11. The number of sulfonamides is 1. The maximum absolute atomic E-state index is 12.8. The van der Waals surface area contributed by atoms with E-state index in [2.05, 4.69) is 22.3 Å². The number of piperidine rings is 1. The van der Waals surface area contributed by atoms with E-state index in [0.29, 0.717) is 29.8 Å². The SMILES string of the molecule is O=C(Cc1ccc(S(=O)(=O)N2CCCCC2)s1)NC[C@@H]1CCN(c2ccccc2)C1. The number of anilines is 1. The molecule has 0 spiro atoms. The maximum atomic E-state index is 12.8. The Labute approximate surface area is 182 Å². The number of carbonyl (C=O) groups is 1. The lowest BCUT2D eigenvalue weighted by Gasteiger charge is -2.25. The van der Waals surface area contributed by atoms with Crippen LogP contribution >= 0.6 is 11.3 Å². The molecule has 0 radical (unpaired) electrons. The summed E-state index contributed by atoms with van der Waals surface area (Å²) in [7, 11) is -3.42. The molecule has 3 heterocycles. The van der Waals surface area contributed by atoms with Crippen molar-refractivity contribution >= 4 is 33.0 Å². The Morgan fingerprint density at radius 1 is 1.03 bits per heavy atom. The standard InChI is InChI=1S/C22H29N3O3S2/c26-21(23-16-18-11-14-24(17-18)19-7-3-1-4-8-19)15-20-9-10-22(29-20)30(27,28)25-12-5-2-6-13-25/h1,3-4,7-10,18H,2,5-6,11-17H2,(H,23,26)/t18-/m0/s1. The van der Waals surface area contributed by atoms with E-state index in [-0.39, 0.29) is 12.3 Å². The van der Waals surface area contributed by atoms with Crippen molar-refractivity contribution in [3.63, 3.8) is 0 Å². The Balaban J connectivity index is 1.26. The molecule has 2 fully saturated rings. The summed E-state index contributed by atoms with van der Waals surface area (Å²) in [5.74, 6) is 0.393. The summed E-state index contributed by atoms with van der Waals surface area (Å²) < 4.78 is 27.5. The highest BCUT2D eigenvalue weighted by molar-refractivity contribution is 7.91. The highest BCUT2D eigenvalue weighted by atomic mass is 32.2. The van der Waals surface area contributed by atoms with Crippen LogP contribution in [0, 0.1) is 5.92 Å². The lowest BCUT2D eigenvalue weighted by atomic mass is 10.1. The van der Waals surface area contributed by atoms with Gasteiger partial charge in [0.1, 0.15) is 4.21 Å². The first-order chi connectivity index (χ1) is 14.5. The first kappa shape index (κ1) is 21.3. The minimum atomic E-state index is -3.42. The molecule has 0 aliphatic carbocycles. The van der Waals surface area contributed by atoms with Crippen molar-refractivity contribution in [3.8, 4) is 0 Å². The summed E-state index contributed by atoms with van der Waals surface area (Å²) in [6.07, 6.45) is 4.22. The molecule has 1 aromatic heterocycles. The minimum absolute atomic E-state index is 0.0445. The van der Waals surface area contributed by atoms with Crippen LogP contribution in [0.5, 0.6) is 0 Å². The van der Waals surface area contributed by atoms with E-state index in [4.69, 9.17) is 0 Å². The Bertz CT molecular complexity index is 953. The maximum Gasteiger partial charge on any atom is 0.252 e. The number of hydrogen-bond donors (Lipinski definition) is 1. The molecule has 1 amide bonds.